The fraction of sp³-hybridized carbons (Fsp3) is 0.647. The Balaban J connectivity index is 2.15. The van der Waals surface area contributed by atoms with E-state index in [2.05, 4.69) is 64.2 Å². The first-order valence-corrected chi connectivity index (χ1v) is 7.24. The highest BCUT2D eigenvalue weighted by atomic mass is 14.9. The van der Waals surface area contributed by atoms with Crippen LogP contribution in [-0.4, -0.2) is 6.04 Å². The molecule has 1 N–H and O–H groups in total. The predicted molar refractivity (Wildman–Crippen MR) is 80.1 cm³/mol. The monoisotopic (exact) mass is 245 g/mol. The SMILES string of the molecule is CC(C)c1ccccc1NC1CC(C)(C)CC1C. The summed E-state index contributed by atoms with van der Waals surface area (Å²) in [6.45, 7) is 11.7. The van der Waals surface area contributed by atoms with Crippen molar-refractivity contribution in [3.8, 4) is 0 Å². The average molecular weight is 245 g/mol. The molecule has 1 saturated carbocycles. The molecule has 0 aromatic heterocycles. The normalized spacial score (nSPS) is 26.6. The van der Waals surface area contributed by atoms with Gasteiger partial charge in [-0.2, -0.15) is 0 Å². The van der Waals surface area contributed by atoms with Crippen LogP contribution in [-0.2, 0) is 0 Å². The molecule has 1 heteroatoms. The number of para-hydroxylation sites is 1. The van der Waals surface area contributed by atoms with E-state index in [1.807, 2.05) is 0 Å². The van der Waals surface area contributed by atoms with Gasteiger partial charge in [-0.25, -0.2) is 0 Å². The zero-order chi connectivity index (χ0) is 13.3. The number of benzene rings is 1. The van der Waals surface area contributed by atoms with Crippen LogP contribution in [0.4, 0.5) is 5.69 Å². The number of hydrogen-bond acceptors (Lipinski definition) is 1. The molecule has 0 heterocycles. The Morgan fingerprint density at radius 3 is 2.39 bits per heavy atom. The Hall–Kier alpha value is -0.980. The highest BCUT2D eigenvalue weighted by Gasteiger charge is 2.36. The van der Waals surface area contributed by atoms with Gasteiger partial charge in [0, 0.05) is 11.7 Å². The molecule has 100 valence electrons. The van der Waals surface area contributed by atoms with Crippen molar-refractivity contribution in [2.24, 2.45) is 11.3 Å². The highest BCUT2D eigenvalue weighted by Crippen LogP contribution is 2.42. The van der Waals surface area contributed by atoms with Crippen molar-refractivity contribution in [2.45, 2.75) is 59.4 Å². The van der Waals surface area contributed by atoms with E-state index in [1.54, 1.807) is 0 Å². The van der Waals surface area contributed by atoms with Gasteiger partial charge in [0.2, 0.25) is 0 Å². The Morgan fingerprint density at radius 2 is 1.83 bits per heavy atom. The molecule has 1 aromatic carbocycles. The molecule has 0 saturated heterocycles. The molecule has 0 amide bonds. The standard InChI is InChI=1S/C17H27N/c1-12(2)14-8-6-7-9-15(14)18-16-11-17(4,5)10-13(16)3/h6-9,12-13,16,18H,10-11H2,1-5H3. The third-order valence-electron chi connectivity index (χ3n) is 4.26. The van der Waals surface area contributed by atoms with Crippen LogP contribution in [0.25, 0.3) is 0 Å². The molecule has 1 aromatic rings. The minimum atomic E-state index is 0.490. The summed E-state index contributed by atoms with van der Waals surface area (Å²) in [6.07, 6.45) is 2.61. The zero-order valence-electron chi connectivity index (χ0n) is 12.5. The summed E-state index contributed by atoms with van der Waals surface area (Å²) in [5.74, 6) is 1.35. The van der Waals surface area contributed by atoms with Crippen molar-refractivity contribution >= 4 is 5.69 Å². The third kappa shape index (κ3) is 2.88. The van der Waals surface area contributed by atoms with Gasteiger partial charge in [0.1, 0.15) is 0 Å². The van der Waals surface area contributed by atoms with Crippen molar-refractivity contribution in [1.82, 2.24) is 0 Å². The van der Waals surface area contributed by atoms with E-state index in [9.17, 15) is 0 Å². The minimum absolute atomic E-state index is 0.490. The number of rotatable bonds is 3. The van der Waals surface area contributed by atoms with Gasteiger partial charge < -0.3 is 5.32 Å². The molecule has 1 nitrogen and oxygen atoms in total. The molecular formula is C17H27N. The predicted octanol–water partition coefficient (Wildman–Crippen LogP) is 5.05. The second-order valence-electron chi connectivity index (χ2n) is 7.04. The fourth-order valence-electron chi connectivity index (χ4n) is 3.42. The molecule has 2 rings (SSSR count). The zero-order valence-corrected chi connectivity index (χ0v) is 12.5. The van der Waals surface area contributed by atoms with Gasteiger partial charge in [0.25, 0.3) is 0 Å². The summed E-state index contributed by atoms with van der Waals surface area (Å²) in [7, 11) is 0. The van der Waals surface area contributed by atoms with Crippen LogP contribution >= 0.6 is 0 Å². The van der Waals surface area contributed by atoms with Crippen molar-refractivity contribution in [3.05, 3.63) is 29.8 Å². The van der Waals surface area contributed by atoms with Crippen molar-refractivity contribution < 1.29 is 0 Å². The average Bonchev–Trinajstić information content (AvgIpc) is 2.52. The number of hydrogen-bond donors (Lipinski definition) is 1. The van der Waals surface area contributed by atoms with Crippen LogP contribution in [0.15, 0.2) is 24.3 Å². The summed E-state index contributed by atoms with van der Waals surface area (Å²) >= 11 is 0. The Labute approximate surface area is 112 Å². The highest BCUT2D eigenvalue weighted by molar-refractivity contribution is 5.53. The van der Waals surface area contributed by atoms with Crippen molar-refractivity contribution in [3.63, 3.8) is 0 Å². The van der Waals surface area contributed by atoms with E-state index >= 15 is 0 Å². The molecule has 0 radical (unpaired) electrons. The Bertz CT molecular complexity index is 406. The molecule has 1 aliphatic carbocycles. The Kier molecular flexibility index (Phi) is 3.70. The second kappa shape index (κ2) is 4.95. The van der Waals surface area contributed by atoms with Crippen LogP contribution < -0.4 is 5.32 Å². The van der Waals surface area contributed by atoms with E-state index in [4.69, 9.17) is 0 Å². The van der Waals surface area contributed by atoms with E-state index in [0.29, 0.717) is 17.4 Å². The molecular weight excluding hydrogens is 218 g/mol. The smallest absolute Gasteiger partial charge is 0.0377 e. The second-order valence-corrected chi connectivity index (χ2v) is 7.04. The fourth-order valence-corrected chi connectivity index (χ4v) is 3.42. The lowest BCUT2D eigenvalue weighted by Crippen LogP contribution is -2.23. The van der Waals surface area contributed by atoms with Gasteiger partial charge in [-0.05, 0) is 41.7 Å². The van der Waals surface area contributed by atoms with Crippen LogP contribution in [0.3, 0.4) is 0 Å². The molecule has 18 heavy (non-hydrogen) atoms. The maximum atomic E-state index is 3.80. The minimum Gasteiger partial charge on any atom is -0.382 e. The molecule has 2 unspecified atom stereocenters. The summed E-state index contributed by atoms with van der Waals surface area (Å²) in [5, 5.41) is 3.80. The maximum Gasteiger partial charge on any atom is 0.0377 e. The first kappa shape index (κ1) is 13.5. The van der Waals surface area contributed by atoms with Gasteiger partial charge in [-0.3, -0.25) is 0 Å². The topological polar surface area (TPSA) is 12.0 Å². The summed E-state index contributed by atoms with van der Waals surface area (Å²) in [5.41, 5.74) is 3.26. The summed E-state index contributed by atoms with van der Waals surface area (Å²) in [6, 6.07) is 9.38. The van der Waals surface area contributed by atoms with Gasteiger partial charge in [-0.1, -0.05) is 52.8 Å². The summed E-state index contributed by atoms with van der Waals surface area (Å²) in [4.78, 5) is 0. The van der Waals surface area contributed by atoms with Crippen LogP contribution in [0.2, 0.25) is 0 Å². The van der Waals surface area contributed by atoms with E-state index in [1.165, 1.54) is 24.1 Å². The van der Waals surface area contributed by atoms with E-state index < -0.39 is 0 Å². The van der Waals surface area contributed by atoms with Crippen LogP contribution in [0.5, 0.6) is 0 Å². The van der Waals surface area contributed by atoms with Gasteiger partial charge in [-0.15, -0.1) is 0 Å². The number of anilines is 1. The largest absolute Gasteiger partial charge is 0.382 e. The molecule has 1 fully saturated rings. The van der Waals surface area contributed by atoms with Crippen LogP contribution in [0.1, 0.15) is 58.9 Å². The molecule has 1 aliphatic rings. The lowest BCUT2D eigenvalue weighted by atomic mass is 9.91. The first-order chi connectivity index (χ1) is 8.39. The molecule has 0 bridgehead atoms. The third-order valence-corrected chi connectivity index (χ3v) is 4.26. The molecule has 0 aliphatic heterocycles. The lowest BCUT2D eigenvalue weighted by molar-refractivity contribution is 0.366. The van der Waals surface area contributed by atoms with Gasteiger partial charge >= 0.3 is 0 Å². The maximum absolute atomic E-state index is 3.80. The van der Waals surface area contributed by atoms with Gasteiger partial charge in [0.15, 0.2) is 0 Å². The van der Waals surface area contributed by atoms with Crippen molar-refractivity contribution in [1.29, 1.82) is 0 Å². The van der Waals surface area contributed by atoms with Gasteiger partial charge in [0.05, 0.1) is 0 Å². The van der Waals surface area contributed by atoms with E-state index in [0.717, 1.165) is 5.92 Å². The quantitative estimate of drug-likeness (QED) is 0.786. The Morgan fingerprint density at radius 1 is 1.17 bits per heavy atom. The van der Waals surface area contributed by atoms with Crippen molar-refractivity contribution in [2.75, 3.05) is 5.32 Å². The van der Waals surface area contributed by atoms with Crippen LogP contribution in [0, 0.1) is 11.3 Å². The summed E-state index contributed by atoms with van der Waals surface area (Å²) < 4.78 is 0. The van der Waals surface area contributed by atoms with E-state index in [-0.39, 0.29) is 0 Å². The molecule has 2 atom stereocenters. The molecule has 0 spiro atoms. The first-order valence-electron chi connectivity index (χ1n) is 7.24. The lowest BCUT2D eigenvalue weighted by Gasteiger charge is -2.23. The number of nitrogens with one attached hydrogen (secondary N) is 1.